The fraction of sp³-hybridized carbons (Fsp3) is 0.481. The summed E-state index contributed by atoms with van der Waals surface area (Å²) in [5.41, 5.74) is 2.96. The summed E-state index contributed by atoms with van der Waals surface area (Å²) in [4.78, 5) is 28.8. The Balaban J connectivity index is 1.53. The van der Waals surface area contributed by atoms with Gasteiger partial charge < -0.3 is 19.7 Å². The number of hydrogen-bond acceptors (Lipinski definition) is 4. The van der Waals surface area contributed by atoms with Crippen LogP contribution in [0.3, 0.4) is 0 Å². The van der Waals surface area contributed by atoms with Crippen molar-refractivity contribution in [3.8, 4) is 11.5 Å². The highest BCUT2D eigenvalue weighted by Gasteiger charge is 2.38. The van der Waals surface area contributed by atoms with Crippen LogP contribution in [0.1, 0.15) is 55.7 Å². The first kappa shape index (κ1) is 23.1. The lowest BCUT2D eigenvalue weighted by molar-refractivity contribution is -0.141. The maximum Gasteiger partial charge on any atom is 0.229 e. The third kappa shape index (κ3) is 5.15. The molecule has 0 spiro atoms. The number of nitrogens with zero attached hydrogens (tertiary/aromatic N) is 1. The molecule has 1 N–H and O–H groups in total. The van der Waals surface area contributed by atoms with Crippen molar-refractivity contribution in [2.75, 3.05) is 26.1 Å². The number of rotatable bonds is 6. The second kappa shape index (κ2) is 10.3. The van der Waals surface area contributed by atoms with Gasteiger partial charge in [0.15, 0.2) is 0 Å². The highest BCUT2D eigenvalue weighted by atomic mass is 16.5. The van der Waals surface area contributed by atoms with Gasteiger partial charge in [0.2, 0.25) is 11.8 Å². The first-order valence-corrected chi connectivity index (χ1v) is 11.9. The molecule has 0 aromatic heterocycles. The van der Waals surface area contributed by atoms with Gasteiger partial charge in [-0.15, -0.1) is 0 Å². The van der Waals surface area contributed by atoms with E-state index in [0.717, 1.165) is 44.1 Å². The average molecular weight is 451 g/mol. The number of anilines is 1. The molecule has 0 bridgehead atoms. The number of amides is 2. The van der Waals surface area contributed by atoms with Crippen LogP contribution in [-0.2, 0) is 9.59 Å². The minimum Gasteiger partial charge on any atom is -0.497 e. The van der Waals surface area contributed by atoms with Crippen LogP contribution in [0.5, 0.6) is 11.5 Å². The first-order valence-electron chi connectivity index (χ1n) is 11.9. The molecule has 1 aliphatic heterocycles. The number of methoxy groups -OCH3 is 2. The molecule has 2 aromatic carbocycles. The number of carbonyl (C=O) groups is 2. The molecule has 4 rings (SSSR count). The summed E-state index contributed by atoms with van der Waals surface area (Å²) in [5.74, 6) is 1.17. The van der Waals surface area contributed by atoms with Gasteiger partial charge in [0.25, 0.3) is 0 Å². The number of hydrogen-bond donors (Lipinski definition) is 1. The largest absolute Gasteiger partial charge is 0.497 e. The molecule has 33 heavy (non-hydrogen) atoms. The topological polar surface area (TPSA) is 67.9 Å². The molecule has 1 saturated carbocycles. The van der Waals surface area contributed by atoms with Crippen LogP contribution in [-0.4, -0.2) is 37.5 Å². The molecule has 6 nitrogen and oxygen atoms in total. The van der Waals surface area contributed by atoms with E-state index in [-0.39, 0.29) is 29.7 Å². The van der Waals surface area contributed by atoms with E-state index in [4.69, 9.17) is 9.47 Å². The van der Waals surface area contributed by atoms with E-state index in [1.807, 2.05) is 4.90 Å². The molecule has 2 amide bonds. The molecule has 1 heterocycles. The van der Waals surface area contributed by atoms with Gasteiger partial charge >= 0.3 is 0 Å². The lowest BCUT2D eigenvalue weighted by Gasteiger charge is -2.41. The van der Waals surface area contributed by atoms with Crippen molar-refractivity contribution in [1.29, 1.82) is 0 Å². The van der Waals surface area contributed by atoms with Crippen molar-refractivity contribution in [1.82, 2.24) is 4.90 Å². The Morgan fingerprint density at radius 1 is 0.939 bits per heavy atom. The molecule has 2 unspecified atom stereocenters. The maximum absolute atomic E-state index is 13.5. The second-order valence-electron chi connectivity index (χ2n) is 9.23. The van der Waals surface area contributed by atoms with Crippen LogP contribution in [0, 0.1) is 18.8 Å². The minimum atomic E-state index is -0.261. The van der Waals surface area contributed by atoms with Gasteiger partial charge in [-0.3, -0.25) is 9.59 Å². The normalized spacial score (nSPS) is 21.0. The van der Waals surface area contributed by atoms with Gasteiger partial charge in [-0.2, -0.15) is 0 Å². The predicted molar refractivity (Wildman–Crippen MR) is 128 cm³/mol. The van der Waals surface area contributed by atoms with Gasteiger partial charge in [0.05, 0.1) is 31.9 Å². The number of benzene rings is 2. The summed E-state index contributed by atoms with van der Waals surface area (Å²) in [6, 6.07) is 13.8. The number of likely N-dealkylation sites (tertiary alicyclic amines) is 1. The third-order valence-corrected chi connectivity index (χ3v) is 7.03. The van der Waals surface area contributed by atoms with E-state index < -0.39 is 0 Å². The minimum absolute atomic E-state index is 0.0255. The summed E-state index contributed by atoms with van der Waals surface area (Å²) >= 11 is 0. The van der Waals surface area contributed by atoms with Gasteiger partial charge in [-0.1, -0.05) is 42.7 Å². The van der Waals surface area contributed by atoms with Crippen molar-refractivity contribution in [3.63, 3.8) is 0 Å². The highest BCUT2D eigenvalue weighted by Crippen LogP contribution is 2.38. The highest BCUT2D eigenvalue weighted by molar-refractivity contribution is 5.94. The zero-order chi connectivity index (χ0) is 23.4. The summed E-state index contributed by atoms with van der Waals surface area (Å²) in [7, 11) is 3.16. The Hall–Kier alpha value is -3.02. The number of nitrogens with one attached hydrogen (secondary N) is 1. The van der Waals surface area contributed by atoms with Crippen LogP contribution >= 0.6 is 0 Å². The molecule has 6 heteroatoms. The van der Waals surface area contributed by atoms with Crippen molar-refractivity contribution < 1.29 is 19.1 Å². The molecule has 176 valence electrons. The zero-order valence-electron chi connectivity index (χ0n) is 19.8. The first-order chi connectivity index (χ1) is 16.0. The monoisotopic (exact) mass is 450 g/mol. The number of aryl methyl sites for hydroxylation is 1. The molecule has 2 aliphatic rings. The van der Waals surface area contributed by atoms with Gasteiger partial charge in [-0.05, 0) is 50.3 Å². The van der Waals surface area contributed by atoms with E-state index in [9.17, 15) is 9.59 Å². The van der Waals surface area contributed by atoms with Gasteiger partial charge in [0.1, 0.15) is 11.5 Å². The molecule has 2 aromatic rings. The Morgan fingerprint density at radius 2 is 1.73 bits per heavy atom. The average Bonchev–Trinajstić information content (AvgIpc) is 3.38. The van der Waals surface area contributed by atoms with Crippen LogP contribution in [0.2, 0.25) is 0 Å². The van der Waals surface area contributed by atoms with E-state index >= 15 is 0 Å². The molecular formula is C27H34N2O4. The van der Waals surface area contributed by atoms with Crippen LogP contribution in [0.4, 0.5) is 5.69 Å². The molecule has 1 aliphatic carbocycles. The summed E-state index contributed by atoms with van der Waals surface area (Å²) in [6.45, 7) is 2.52. The van der Waals surface area contributed by atoms with Crippen molar-refractivity contribution >= 4 is 17.5 Å². The lowest BCUT2D eigenvalue weighted by atomic mass is 9.86. The van der Waals surface area contributed by atoms with Crippen molar-refractivity contribution in [2.45, 2.75) is 51.5 Å². The number of piperidine rings is 1. The van der Waals surface area contributed by atoms with E-state index in [0.29, 0.717) is 23.7 Å². The van der Waals surface area contributed by atoms with Crippen molar-refractivity contribution in [2.24, 2.45) is 11.8 Å². The van der Waals surface area contributed by atoms with E-state index in [2.05, 4.69) is 36.5 Å². The standard InChI is InChI=1S/C27H34N2O4/c1-18-7-6-10-20(15-18)24-14-11-21(17-29(24)27(31)19-8-4-5-9-19)26(30)28-23-13-12-22(32-2)16-25(23)33-3/h6-7,10,12-13,15-16,19,21,24H,4-5,8-9,11,14,17H2,1-3H3,(H,28,30). The van der Waals surface area contributed by atoms with E-state index in [1.165, 1.54) is 5.56 Å². The Morgan fingerprint density at radius 3 is 2.42 bits per heavy atom. The maximum atomic E-state index is 13.5. The summed E-state index contributed by atoms with van der Waals surface area (Å²) in [5, 5.41) is 3.02. The number of carbonyl (C=O) groups excluding carboxylic acids is 2. The fourth-order valence-corrected chi connectivity index (χ4v) is 5.20. The third-order valence-electron chi connectivity index (χ3n) is 7.03. The van der Waals surface area contributed by atoms with Gasteiger partial charge in [-0.25, -0.2) is 0 Å². The number of ether oxygens (including phenoxy) is 2. The summed E-state index contributed by atoms with van der Waals surface area (Å²) < 4.78 is 10.7. The zero-order valence-corrected chi connectivity index (χ0v) is 19.8. The second-order valence-corrected chi connectivity index (χ2v) is 9.23. The Kier molecular flexibility index (Phi) is 7.21. The molecule has 2 fully saturated rings. The van der Waals surface area contributed by atoms with Crippen LogP contribution in [0.25, 0.3) is 0 Å². The fourth-order valence-electron chi connectivity index (χ4n) is 5.20. The van der Waals surface area contributed by atoms with Crippen LogP contribution in [0.15, 0.2) is 42.5 Å². The Bertz CT molecular complexity index is 999. The molecule has 0 radical (unpaired) electrons. The SMILES string of the molecule is COc1ccc(NC(=O)C2CCC(c3cccc(C)c3)N(C(=O)C3CCCC3)C2)c(OC)c1. The molecular weight excluding hydrogens is 416 g/mol. The molecule has 2 atom stereocenters. The Labute approximate surface area is 196 Å². The lowest BCUT2D eigenvalue weighted by Crippen LogP contribution is -2.47. The van der Waals surface area contributed by atoms with Crippen molar-refractivity contribution in [3.05, 3.63) is 53.6 Å². The van der Waals surface area contributed by atoms with Gasteiger partial charge in [0, 0.05) is 18.5 Å². The van der Waals surface area contributed by atoms with E-state index in [1.54, 1.807) is 32.4 Å². The van der Waals surface area contributed by atoms with Crippen LogP contribution < -0.4 is 14.8 Å². The summed E-state index contributed by atoms with van der Waals surface area (Å²) in [6.07, 6.45) is 5.64. The smallest absolute Gasteiger partial charge is 0.229 e. The quantitative estimate of drug-likeness (QED) is 0.663. The predicted octanol–water partition coefficient (Wildman–Crippen LogP) is 5.12. The molecule has 1 saturated heterocycles.